The van der Waals surface area contributed by atoms with Crippen LogP contribution in [0.1, 0.15) is 40.3 Å². The molecule has 0 saturated heterocycles. The molecule has 29 heavy (non-hydrogen) atoms. The minimum atomic E-state index is -1.36. The van der Waals surface area contributed by atoms with Gasteiger partial charge in [0, 0.05) is 12.2 Å². The quantitative estimate of drug-likeness (QED) is 0.794. The van der Waals surface area contributed by atoms with Crippen molar-refractivity contribution in [1.82, 2.24) is 9.58 Å². The maximum atomic E-state index is 13.2. The van der Waals surface area contributed by atoms with Crippen LogP contribution in [0, 0.1) is 0 Å². The number of carboxylic acids is 1. The molecule has 0 radical (unpaired) electrons. The zero-order valence-corrected chi connectivity index (χ0v) is 16.1. The Hall–Kier alpha value is -3.55. The zero-order valence-electron chi connectivity index (χ0n) is 16.1. The van der Waals surface area contributed by atoms with Gasteiger partial charge in [-0.1, -0.05) is 42.5 Å². The second kappa shape index (κ2) is 7.12. The molecule has 0 fully saturated rings. The van der Waals surface area contributed by atoms with E-state index in [1.165, 1.54) is 10.9 Å². The number of carboxylic acid groups (broad SMARTS) is 1. The number of hydrogen-bond acceptors (Lipinski definition) is 5. The monoisotopic (exact) mass is 395 g/mol. The van der Waals surface area contributed by atoms with E-state index in [-0.39, 0.29) is 42.7 Å². The summed E-state index contributed by atoms with van der Waals surface area (Å²) in [4.78, 5) is 39.5. The summed E-state index contributed by atoms with van der Waals surface area (Å²) in [5.41, 5.74) is -0.394. The summed E-state index contributed by atoms with van der Waals surface area (Å²) in [6, 6.07) is 8.90. The largest absolute Gasteiger partial charge is 0.482 e. The minimum absolute atomic E-state index is 0.0444. The first-order chi connectivity index (χ1) is 13.9. The van der Waals surface area contributed by atoms with Crippen LogP contribution in [0.5, 0.6) is 5.75 Å². The van der Waals surface area contributed by atoms with Crippen LogP contribution in [-0.4, -0.2) is 45.3 Å². The molecule has 8 heteroatoms. The number of aromatic nitrogens is 1. The first-order valence-electron chi connectivity index (χ1n) is 9.34. The van der Waals surface area contributed by atoms with Gasteiger partial charge in [0.25, 0.3) is 5.91 Å². The Morgan fingerprint density at radius 3 is 2.52 bits per heavy atom. The van der Waals surface area contributed by atoms with Crippen LogP contribution in [0.4, 0.5) is 0 Å². The van der Waals surface area contributed by atoms with Crippen molar-refractivity contribution in [3.05, 3.63) is 75.7 Å². The molecule has 2 atom stereocenters. The Bertz CT molecular complexity index is 1060. The van der Waals surface area contributed by atoms with E-state index in [0.29, 0.717) is 0 Å². The van der Waals surface area contributed by atoms with Crippen LogP contribution in [0.2, 0.25) is 0 Å². The number of carbonyl (C=O) groups is 2. The van der Waals surface area contributed by atoms with Gasteiger partial charge < -0.3 is 14.7 Å². The van der Waals surface area contributed by atoms with E-state index in [1.54, 1.807) is 4.90 Å². The van der Waals surface area contributed by atoms with Crippen molar-refractivity contribution in [2.45, 2.75) is 32.5 Å². The van der Waals surface area contributed by atoms with Gasteiger partial charge in [-0.05, 0) is 19.4 Å². The van der Waals surface area contributed by atoms with Crippen molar-refractivity contribution >= 4 is 11.9 Å². The summed E-state index contributed by atoms with van der Waals surface area (Å²) >= 11 is 0. The molecule has 1 aromatic carbocycles. The smallest absolute Gasteiger partial charge is 0.341 e. The third-order valence-electron chi connectivity index (χ3n) is 5.27. The molecule has 1 aromatic heterocycles. The van der Waals surface area contributed by atoms with E-state index in [0.717, 1.165) is 5.56 Å². The fourth-order valence-electron chi connectivity index (χ4n) is 3.58. The van der Waals surface area contributed by atoms with Crippen LogP contribution in [0.3, 0.4) is 0 Å². The van der Waals surface area contributed by atoms with Crippen LogP contribution in [0.25, 0.3) is 0 Å². The lowest BCUT2D eigenvalue weighted by molar-refractivity contribution is 0.0638. The van der Waals surface area contributed by atoms with Gasteiger partial charge in [-0.3, -0.25) is 19.3 Å². The Morgan fingerprint density at radius 1 is 1.14 bits per heavy atom. The van der Waals surface area contributed by atoms with E-state index in [2.05, 4.69) is 0 Å². The third kappa shape index (κ3) is 3.16. The minimum Gasteiger partial charge on any atom is -0.482 e. The number of amides is 1. The standard InChI is InChI=1S/C21H21N3O5/c1-13-8-9-14(2)24-12-22(13)20(26)17-19(29-11-15-6-4-3-5-7-15)18(25)16(21(27)28)10-23(17)24/h3-10,13-14H,11-12H2,1-2H3,(H,27,28)/t13-,14+/m0/s1. The molecular formula is C21H21N3O5. The molecule has 2 aliphatic rings. The SMILES string of the molecule is C[C@@H]1C=C[C@H](C)N2CN1n1cc(C(=O)O)c(=O)c(OCc3ccccc3)c1C2=O. The summed E-state index contributed by atoms with van der Waals surface area (Å²) in [6.07, 6.45) is 5.09. The van der Waals surface area contributed by atoms with Crippen molar-refractivity contribution in [1.29, 1.82) is 0 Å². The summed E-state index contributed by atoms with van der Waals surface area (Å²) in [6.45, 7) is 4.16. The Balaban J connectivity index is 1.88. The summed E-state index contributed by atoms with van der Waals surface area (Å²) in [7, 11) is 0. The van der Waals surface area contributed by atoms with E-state index >= 15 is 0 Å². The second-order valence-electron chi connectivity index (χ2n) is 7.20. The maximum Gasteiger partial charge on any atom is 0.341 e. The highest BCUT2D eigenvalue weighted by molar-refractivity contribution is 5.98. The highest BCUT2D eigenvalue weighted by Crippen LogP contribution is 2.27. The molecule has 0 aliphatic carbocycles. The van der Waals surface area contributed by atoms with E-state index in [1.807, 2.05) is 61.3 Å². The van der Waals surface area contributed by atoms with Crippen LogP contribution >= 0.6 is 0 Å². The fraction of sp³-hybridized carbons (Fsp3) is 0.286. The van der Waals surface area contributed by atoms with Crippen molar-refractivity contribution in [3.63, 3.8) is 0 Å². The van der Waals surface area contributed by atoms with E-state index in [9.17, 15) is 19.5 Å². The summed E-state index contributed by atoms with van der Waals surface area (Å²) < 4.78 is 7.22. The Labute approximate surface area is 167 Å². The number of aromatic carboxylic acids is 1. The maximum absolute atomic E-state index is 13.2. The fourth-order valence-corrected chi connectivity index (χ4v) is 3.58. The van der Waals surface area contributed by atoms with Gasteiger partial charge in [0.1, 0.15) is 18.8 Å². The first-order valence-corrected chi connectivity index (χ1v) is 9.34. The Kier molecular flexibility index (Phi) is 4.62. The predicted octanol–water partition coefficient (Wildman–Crippen LogP) is 1.82. The molecule has 0 spiro atoms. The average molecular weight is 395 g/mol. The number of rotatable bonds is 4. The molecule has 1 amide bonds. The highest BCUT2D eigenvalue weighted by atomic mass is 16.5. The molecular weight excluding hydrogens is 374 g/mol. The molecule has 2 bridgehead atoms. The predicted molar refractivity (Wildman–Crippen MR) is 106 cm³/mol. The lowest BCUT2D eigenvalue weighted by atomic mass is 10.1. The van der Waals surface area contributed by atoms with Crippen LogP contribution in [-0.2, 0) is 6.61 Å². The van der Waals surface area contributed by atoms with Gasteiger partial charge in [-0.2, -0.15) is 0 Å². The molecule has 0 saturated carbocycles. The number of fused-ring (bicyclic) bond motifs is 4. The van der Waals surface area contributed by atoms with Gasteiger partial charge >= 0.3 is 5.97 Å². The summed E-state index contributed by atoms with van der Waals surface area (Å²) in [5, 5.41) is 11.4. The molecule has 0 unspecified atom stereocenters. The molecule has 1 N–H and O–H groups in total. The normalized spacial score (nSPS) is 20.3. The first kappa shape index (κ1) is 18.8. The average Bonchev–Trinajstić information content (AvgIpc) is 2.84. The van der Waals surface area contributed by atoms with Crippen LogP contribution in [0.15, 0.2) is 53.5 Å². The van der Waals surface area contributed by atoms with Gasteiger partial charge in [0.15, 0.2) is 11.4 Å². The lowest BCUT2D eigenvalue weighted by Gasteiger charge is -2.42. The second-order valence-corrected chi connectivity index (χ2v) is 7.20. The van der Waals surface area contributed by atoms with Crippen LogP contribution < -0.4 is 15.2 Å². The van der Waals surface area contributed by atoms with Crippen molar-refractivity contribution in [3.8, 4) is 5.75 Å². The molecule has 3 heterocycles. The third-order valence-corrected chi connectivity index (χ3v) is 5.27. The summed E-state index contributed by atoms with van der Waals surface area (Å²) in [5.74, 6) is -1.98. The molecule has 8 nitrogen and oxygen atoms in total. The van der Waals surface area contributed by atoms with Gasteiger partial charge in [-0.15, -0.1) is 0 Å². The number of benzene rings is 1. The van der Waals surface area contributed by atoms with Gasteiger partial charge in [0.2, 0.25) is 5.43 Å². The van der Waals surface area contributed by atoms with Crippen molar-refractivity contribution < 1.29 is 19.4 Å². The van der Waals surface area contributed by atoms with Crippen molar-refractivity contribution in [2.24, 2.45) is 0 Å². The van der Waals surface area contributed by atoms with Gasteiger partial charge in [0.05, 0.1) is 6.04 Å². The van der Waals surface area contributed by atoms with E-state index in [4.69, 9.17) is 4.74 Å². The zero-order chi connectivity index (χ0) is 20.7. The number of ether oxygens (including phenoxy) is 1. The molecule has 2 aliphatic heterocycles. The molecule has 4 rings (SSSR count). The number of pyridine rings is 1. The van der Waals surface area contributed by atoms with E-state index < -0.39 is 17.0 Å². The topological polar surface area (TPSA) is 92.1 Å². The molecule has 150 valence electrons. The van der Waals surface area contributed by atoms with Gasteiger partial charge in [-0.25, -0.2) is 4.79 Å². The Morgan fingerprint density at radius 2 is 1.83 bits per heavy atom. The molecule has 2 aromatic rings. The number of carbonyl (C=O) groups excluding carboxylic acids is 1. The lowest BCUT2D eigenvalue weighted by Crippen LogP contribution is -2.57. The number of hydrogen-bond donors (Lipinski definition) is 1. The number of nitrogens with zero attached hydrogens (tertiary/aromatic N) is 3. The highest BCUT2D eigenvalue weighted by Gasteiger charge is 2.39. The van der Waals surface area contributed by atoms with Crippen molar-refractivity contribution in [2.75, 3.05) is 11.7 Å².